The average Bonchev–Trinajstić information content (AvgIpc) is 2.45. The smallest absolute Gasteiger partial charge is 0.123 e. The molecule has 0 aliphatic carbocycles. The number of rotatable bonds is 6. The third kappa shape index (κ3) is 4.55. The highest BCUT2D eigenvalue weighted by molar-refractivity contribution is 5.33. The van der Waals surface area contributed by atoms with Gasteiger partial charge >= 0.3 is 0 Å². The number of hydrogen-bond acceptors (Lipinski definition) is 3. The van der Waals surface area contributed by atoms with Crippen molar-refractivity contribution in [1.82, 2.24) is 0 Å². The Morgan fingerprint density at radius 2 is 1.70 bits per heavy atom. The second kappa shape index (κ2) is 6.91. The number of benzene rings is 2. The zero-order valence-corrected chi connectivity index (χ0v) is 11.0. The molecule has 0 aliphatic rings. The maximum atomic E-state index is 12.8. The Morgan fingerprint density at radius 1 is 1.05 bits per heavy atom. The van der Waals surface area contributed by atoms with Crippen LogP contribution in [0.1, 0.15) is 5.56 Å². The van der Waals surface area contributed by atoms with E-state index in [-0.39, 0.29) is 12.4 Å². The van der Waals surface area contributed by atoms with Gasteiger partial charge in [0.15, 0.2) is 0 Å². The molecule has 2 aromatic rings. The van der Waals surface area contributed by atoms with Crippen LogP contribution in [0.25, 0.3) is 0 Å². The van der Waals surface area contributed by atoms with Crippen LogP contribution in [0.5, 0.6) is 11.5 Å². The van der Waals surface area contributed by atoms with E-state index in [0.717, 1.165) is 5.56 Å². The maximum Gasteiger partial charge on any atom is 0.123 e. The van der Waals surface area contributed by atoms with Crippen molar-refractivity contribution in [2.75, 3.05) is 6.61 Å². The van der Waals surface area contributed by atoms with E-state index in [4.69, 9.17) is 14.6 Å². The van der Waals surface area contributed by atoms with Crippen molar-refractivity contribution in [3.05, 3.63) is 66.8 Å². The van der Waals surface area contributed by atoms with E-state index in [9.17, 15) is 4.39 Å². The Morgan fingerprint density at radius 3 is 2.35 bits per heavy atom. The van der Waals surface area contributed by atoms with Crippen molar-refractivity contribution in [3.63, 3.8) is 0 Å². The fourth-order valence-corrected chi connectivity index (χ4v) is 1.59. The third-order valence-electron chi connectivity index (χ3n) is 2.57. The monoisotopic (exact) mass is 275 g/mol. The first-order valence-corrected chi connectivity index (χ1v) is 6.25. The number of hydrogen-bond donors (Lipinski definition) is 1. The van der Waals surface area contributed by atoms with E-state index in [1.165, 1.54) is 12.1 Å². The first-order valence-electron chi connectivity index (χ1n) is 6.25. The fraction of sp³-hybridized carbons (Fsp3) is 0.188. The molecule has 0 saturated heterocycles. The Labute approximate surface area is 117 Å². The van der Waals surface area contributed by atoms with Gasteiger partial charge < -0.3 is 14.6 Å². The molecule has 0 spiro atoms. The average molecular weight is 275 g/mol. The zero-order chi connectivity index (χ0) is 14.4. The Bertz CT molecular complexity index is 538. The summed E-state index contributed by atoms with van der Waals surface area (Å²) in [7, 11) is 0. The number of ether oxygens (including phenoxy) is 2. The molecule has 0 unspecified atom stereocenters. The van der Waals surface area contributed by atoms with Crippen LogP contribution in [0.4, 0.5) is 4.39 Å². The van der Waals surface area contributed by atoms with Gasteiger partial charge in [0, 0.05) is 6.07 Å². The van der Waals surface area contributed by atoms with Gasteiger partial charge in [-0.1, -0.05) is 18.2 Å². The Hall–Kier alpha value is -2.07. The molecule has 4 heteroatoms. The van der Waals surface area contributed by atoms with Crippen molar-refractivity contribution < 1.29 is 19.0 Å². The topological polar surface area (TPSA) is 38.7 Å². The molecule has 0 heterocycles. The molecule has 1 atom stereocenters. The van der Waals surface area contributed by atoms with E-state index in [1.54, 1.807) is 36.4 Å². The molecular formula is C16H16FO3. The van der Waals surface area contributed by atoms with Gasteiger partial charge in [-0.2, -0.15) is 0 Å². The van der Waals surface area contributed by atoms with Crippen LogP contribution in [-0.2, 0) is 6.61 Å². The molecule has 2 rings (SSSR count). The Balaban J connectivity index is 1.92. The number of aliphatic hydroxyl groups excluding tert-OH is 1. The summed E-state index contributed by atoms with van der Waals surface area (Å²) >= 11 is 0. The quantitative estimate of drug-likeness (QED) is 0.881. The lowest BCUT2D eigenvalue weighted by atomic mass is 10.2. The van der Waals surface area contributed by atoms with Crippen molar-refractivity contribution in [2.24, 2.45) is 0 Å². The lowest BCUT2D eigenvalue weighted by Gasteiger charge is -2.10. The number of aliphatic hydroxyl groups is 1. The van der Waals surface area contributed by atoms with E-state index < -0.39 is 6.10 Å². The standard InChI is InChI=1S/C16H16FO3/c1-12(18)10-19-15-3-2-4-16(9-15)20-11-13-5-7-14(17)8-6-13/h2-9,12,18H,1,10-11H2/t12-/m1/s1. The van der Waals surface area contributed by atoms with Crippen molar-refractivity contribution in [1.29, 1.82) is 0 Å². The van der Waals surface area contributed by atoms with Gasteiger partial charge in [-0.25, -0.2) is 4.39 Å². The minimum absolute atomic E-state index is 0.126. The lowest BCUT2D eigenvalue weighted by molar-refractivity contribution is 0.142. The molecule has 1 N–H and O–H groups in total. The summed E-state index contributed by atoms with van der Waals surface area (Å²) in [6.07, 6.45) is -0.765. The van der Waals surface area contributed by atoms with Crippen molar-refractivity contribution in [2.45, 2.75) is 12.7 Å². The SMILES string of the molecule is [CH2][C@@H](O)COc1cccc(OCc2ccc(F)cc2)c1. The highest BCUT2D eigenvalue weighted by atomic mass is 19.1. The van der Waals surface area contributed by atoms with E-state index >= 15 is 0 Å². The van der Waals surface area contributed by atoms with Gasteiger partial charge in [-0.15, -0.1) is 0 Å². The summed E-state index contributed by atoms with van der Waals surface area (Å²) in [5.74, 6) is 0.977. The summed E-state index contributed by atoms with van der Waals surface area (Å²) < 4.78 is 23.7. The molecule has 0 fully saturated rings. The molecule has 2 aromatic carbocycles. The van der Waals surface area contributed by atoms with Crippen molar-refractivity contribution in [3.8, 4) is 11.5 Å². The minimum Gasteiger partial charge on any atom is -0.491 e. The summed E-state index contributed by atoms with van der Waals surface area (Å²) in [6.45, 7) is 3.90. The highest BCUT2D eigenvalue weighted by Crippen LogP contribution is 2.20. The molecule has 20 heavy (non-hydrogen) atoms. The van der Waals surface area contributed by atoms with E-state index in [1.807, 2.05) is 0 Å². The maximum absolute atomic E-state index is 12.8. The van der Waals surface area contributed by atoms with Gasteiger partial charge in [-0.3, -0.25) is 0 Å². The molecule has 0 amide bonds. The van der Waals surface area contributed by atoms with E-state index in [2.05, 4.69) is 6.92 Å². The van der Waals surface area contributed by atoms with Crippen LogP contribution in [0, 0.1) is 12.7 Å². The van der Waals surface area contributed by atoms with Crippen LogP contribution < -0.4 is 9.47 Å². The molecule has 0 saturated carbocycles. The summed E-state index contributed by atoms with van der Waals surface area (Å²) in [4.78, 5) is 0. The first kappa shape index (κ1) is 14.3. The fourth-order valence-electron chi connectivity index (χ4n) is 1.59. The number of halogens is 1. The Kier molecular flexibility index (Phi) is 4.96. The molecule has 105 valence electrons. The van der Waals surface area contributed by atoms with Gasteiger partial charge in [0.25, 0.3) is 0 Å². The van der Waals surface area contributed by atoms with Crippen LogP contribution in [0.15, 0.2) is 48.5 Å². The third-order valence-corrected chi connectivity index (χ3v) is 2.57. The van der Waals surface area contributed by atoms with E-state index in [0.29, 0.717) is 18.1 Å². The second-order valence-electron chi connectivity index (χ2n) is 4.35. The van der Waals surface area contributed by atoms with Gasteiger partial charge in [0.05, 0.1) is 6.10 Å². The normalized spacial score (nSPS) is 11.9. The van der Waals surface area contributed by atoms with Gasteiger partial charge in [-0.05, 0) is 36.8 Å². The largest absolute Gasteiger partial charge is 0.491 e. The van der Waals surface area contributed by atoms with Gasteiger partial charge in [0.2, 0.25) is 0 Å². The van der Waals surface area contributed by atoms with Gasteiger partial charge in [0.1, 0.15) is 30.5 Å². The lowest BCUT2D eigenvalue weighted by Crippen LogP contribution is -2.13. The molecule has 0 aliphatic heterocycles. The molecular weight excluding hydrogens is 259 g/mol. The predicted octanol–water partition coefficient (Wildman–Crippen LogP) is 2.98. The van der Waals surface area contributed by atoms with Crippen molar-refractivity contribution >= 4 is 0 Å². The zero-order valence-electron chi connectivity index (χ0n) is 11.0. The summed E-state index contributed by atoms with van der Waals surface area (Å²) in [5.41, 5.74) is 0.880. The van der Waals surface area contributed by atoms with Crippen LogP contribution >= 0.6 is 0 Å². The molecule has 1 radical (unpaired) electrons. The second-order valence-corrected chi connectivity index (χ2v) is 4.35. The van der Waals surface area contributed by atoms with Crippen LogP contribution in [0.3, 0.4) is 0 Å². The molecule has 0 aromatic heterocycles. The summed E-state index contributed by atoms with van der Waals surface area (Å²) in [5, 5.41) is 9.06. The highest BCUT2D eigenvalue weighted by Gasteiger charge is 2.01. The summed E-state index contributed by atoms with van der Waals surface area (Å²) in [6, 6.07) is 13.2. The predicted molar refractivity (Wildman–Crippen MR) is 74.0 cm³/mol. The molecule has 3 nitrogen and oxygen atoms in total. The minimum atomic E-state index is -0.765. The van der Waals surface area contributed by atoms with Crippen LogP contribution in [0.2, 0.25) is 0 Å². The van der Waals surface area contributed by atoms with Crippen LogP contribution in [-0.4, -0.2) is 17.8 Å². The first-order chi connectivity index (χ1) is 9.63. The molecule has 0 bridgehead atoms.